The van der Waals surface area contributed by atoms with Crippen molar-refractivity contribution in [1.82, 2.24) is 20.1 Å². The lowest BCUT2D eigenvalue weighted by molar-refractivity contribution is 0.123. The lowest BCUT2D eigenvalue weighted by Gasteiger charge is -2.27. The minimum absolute atomic E-state index is 0.123. The van der Waals surface area contributed by atoms with Crippen molar-refractivity contribution in [3.05, 3.63) is 46.6 Å². The van der Waals surface area contributed by atoms with Crippen LogP contribution in [0.15, 0.2) is 45.4 Å². The van der Waals surface area contributed by atoms with E-state index in [1.807, 2.05) is 45.0 Å². The van der Waals surface area contributed by atoms with Crippen LogP contribution in [0.25, 0.3) is 22.9 Å². The molecule has 2 heterocycles. The van der Waals surface area contributed by atoms with Crippen molar-refractivity contribution in [3.8, 4) is 22.9 Å². The Balaban J connectivity index is 1.78. The number of amides is 1. The number of halogens is 1. The molecule has 0 saturated heterocycles. The summed E-state index contributed by atoms with van der Waals surface area (Å²) in [4.78, 5) is 17.0. The van der Waals surface area contributed by atoms with Gasteiger partial charge in [-0.05, 0) is 45.1 Å². The third-order valence-corrected chi connectivity index (χ3v) is 4.48. The van der Waals surface area contributed by atoms with E-state index in [0.717, 1.165) is 15.6 Å². The van der Waals surface area contributed by atoms with Crippen LogP contribution in [-0.2, 0) is 6.54 Å². The summed E-state index contributed by atoms with van der Waals surface area (Å²) in [5.74, 6) is 0.916. The van der Waals surface area contributed by atoms with Gasteiger partial charge < -0.3 is 20.2 Å². The Kier molecular flexibility index (Phi) is 5.88. The number of pyridine rings is 1. The van der Waals surface area contributed by atoms with E-state index in [-0.39, 0.29) is 11.3 Å². The maximum atomic E-state index is 11.5. The Morgan fingerprint density at radius 1 is 1.21 bits per heavy atom. The van der Waals surface area contributed by atoms with Gasteiger partial charge in [-0.25, -0.2) is 9.78 Å². The van der Waals surface area contributed by atoms with E-state index in [2.05, 4.69) is 31.1 Å². The summed E-state index contributed by atoms with van der Waals surface area (Å²) in [6.45, 7) is 6.77. The lowest BCUT2D eigenvalue weighted by atomic mass is 9.96. The number of aromatic nitrogens is 3. The van der Waals surface area contributed by atoms with Crippen molar-refractivity contribution < 1.29 is 14.3 Å². The monoisotopic (exact) mass is 459 g/mol. The largest absolute Gasteiger partial charge is 0.465 e. The van der Waals surface area contributed by atoms with Gasteiger partial charge in [0, 0.05) is 29.3 Å². The van der Waals surface area contributed by atoms with E-state index in [1.54, 1.807) is 12.3 Å². The van der Waals surface area contributed by atoms with Crippen molar-refractivity contribution in [2.45, 2.75) is 27.3 Å². The molecule has 0 saturated carbocycles. The van der Waals surface area contributed by atoms with E-state index in [0.29, 0.717) is 30.4 Å². The molecule has 1 amide bonds. The quantitative estimate of drug-likeness (QED) is 0.568. The zero-order valence-electron chi connectivity index (χ0n) is 16.4. The number of hydrogen-bond acceptors (Lipinski definition) is 6. The minimum Gasteiger partial charge on any atom is -0.465 e. The highest BCUT2D eigenvalue weighted by Crippen LogP contribution is 2.29. The summed E-state index contributed by atoms with van der Waals surface area (Å²) >= 11 is 3.35. The topological polar surface area (TPSA) is 118 Å². The zero-order chi connectivity index (χ0) is 21.2. The average Bonchev–Trinajstić information content (AvgIpc) is 3.12. The van der Waals surface area contributed by atoms with Crippen LogP contribution in [0.1, 0.15) is 26.3 Å². The second-order valence-corrected chi connectivity index (χ2v) is 8.81. The predicted molar refractivity (Wildman–Crippen MR) is 113 cm³/mol. The third kappa shape index (κ3) is 5.32. The molecular weight excluding hydrogens is 438 g/mol. The highest BCUT2D eigenvalue weighted by Gasteiger charge is 2.21. The molecule has 3 rings (SSSR count). The molecule has 0 aliphatic rings. The van der Waals surface area contributed by atoms with Gasteiger partial charge in [-0.15, -0.1) is 10.2 Å². The summed E-state index contributed by atoms with van der Waals surface area (Å²) in [5.41, 5.74) is 7.92. The molecule has 0 aliphatic carbocycles. The first kappa shape index (κ1) is 20.8. The molecule has 0 unspecified atom stereocenters. The molecule has 0 aliphatic heterocycles. The van der Waals surface area contributed by atoms with Crippen LogP contribution in [-0.4, -0.2) is 37.8 Å². The molecule has 3 aromatic rings. The fourth-order valence-electron chi connectivity index (χ4n) is 2.81. The highest BCUT2D eigenvalue weighted by molar-refractivity contribution is 9.10. The molecule has 1 aromatic carbocycles. The predicted octanol–water partition coefficient (Wildman–Crippen LogP) is 4.67. The third-order valence-electron chi connectivity index (χ3n) is 4.05. The number of nitrogen functional groups attached to an aromatic ring is 1. The lowest BCUT2D eigenvalue weighted by Crippen LogP contribution is -2.36. The van der Waals surface area contributed by atoms with Gasteiger partial charge in [0.1, 0.15) is 5.82 Å². The highest BCUT2D eigenvalue weighted by atomic mass is 79.9. The van der Waals surface area contributed by atoms with Gasteiger partial charge in [-0.1, -0.05) is 32.9 Å². The molecule has 2 aromatic heterocycles. The standard InChI is InChI=1S/C20H22BrN5O3/c1-20(2,3)11-26(19(27)28)10-12-4-6-13(7-5-12)17-24-25-18(29-17)15-8-14(21)9-23-16(15)22/h4-9H,10-11H2,1-3H3,(H2,22,23)(H,27,28). The normalized spacial score (nSPS) is 11.4. The van der Waals surface area contributed by atoms with E-state index in [4.69, 9.17) is 10.2 Å². The van der Waals surface area contributed by atoms with Crippen molar-refractivity contribution in [2.24, 2.45) is 5.41 Å². The Hall–Kier alpha value is -2.94. The fraction of sp³-hybridized carbons (Fsp3) is 0.300. The van der Waals surface area contributed by atoms with Gasteiger partial charge in [0.25, 0.3) is 5.89 Å². The maximum Gasteiger partial charge on any atom is 0.407 e. The fourth-order valence-corrected chi connectivity index (χ4v) is 3.14. The Labute approximate surface area is 176 Å². The molecule has 8 nitrogen and oxygen atoms in total. The van der Waals surface area contributed by atoms with Crippen LogP contribution in [0.4, 0.5) is 10.6 Å². The van der Waals surface area contributed by atoms with E-state index >= 15 is 0 Å². The molecule has 0 radical (unpaired) electrons. The summed E-state index contributed by atoms with van der Waals surface area (Å²) in [6, 6.07) is 9.12. The number of hydrogen-bond donors (Lipinski definition) is 2. The first-order chi connectivity index (χ1) is 13.6. The van der Waals surface area contributed by atoms with Crippen LogP contribution in [0.3, 0.4) is 0 Å². The maximum absolute atomic E-state index is 11.5. The van der Waals surface area contributed by atoms with Gasteiger partial charge in [0.15, 0.2) is 0 Å². The average molecular weight is 460 g/mol. The SMILES string of the molecule is CC(C)(C)CN(Cc1ccc(-c2nnc(-c3cc(Br)cnc3N)o2)cc1)C(=O)O. The van der Waals surface area contributed by atoms with Crippen LogP contribution in [0, 0.1) is 5.41 Å². The molecule has 0 bridgehead atoms. The molecule has 9 heteroatoms. The summed E-state index contributed by atoms with van der Waals surface area (Å²) in [6.07, 6.45) is 0.653. The molecule has 0 fully saturated rings. The van der Waals surface area contributed by atoms with Gasteiger partial charge >= 0.3 is 6.09 Å². The van der Waals surface area contributed by atoms with E-state index in [1.165, 1.54) is 4.90 Å². The van der Waals surface area contributed by atoms with Crippen LogP contribution in [0.2, 0.25) is 0 Å². The van der Waals surface area contributed by atoms with Crippen molar-refractivity contribution in [2.75, 3.05) is 12.3 Å². The Morgan fingerprint density at radius 3 is 2.48 bits per heavy atom. The summed E-state index contributed by atoms with van der Waals surface area (Å²) in [7, 11) is 0. The Bertz CT molecular complexity index is 1010. The van der Waals surface area contributed by atoms with E-state index in [9.17, 15) is 9.90 Å². The van der Waals surface area contributed by atoms with Crippen molar-refractivity contribution in [3.63, 3.8) is 0 Å². The van der Waals surface area contributed by atoms with Gasteiger partial charge in [-0.2, -0.15) is 0 Å². The first-order valence-corrected chi connectivity index (χ1v) is 9.74. The van der Waals surface area contributed by atoms with E-state index < -0.39 is 6.09 Å². The minimum atomic E-state index is -0.939. The van der Waals surface area contributed by atoms with Gasteiger partial charge in [0.05, 0.1) is 5.56 Å². The number of anilines is 1. The second kappa shape index (κ2) is 8.20. The summed E-state index contributed by atoms with van der Waals surface area (Å²) < 4.78 is 6.50. The molecule has 0 atom stereocenters. The number of nitrogens with two attached hydrogens (primary N) is 1. The van der Waals surface area contributed by atoms with Crippen LogP contribution < -0.4 is 5.73 Å². The number of carboxylic acid groups (broad SMARTS) is 1. The summed E-state index contributed by atoms with van der Waals surface area (Å²) in [5, 5.41) is 17.6. The molecular formula is C20H22BrN5O3. The van der Waals surface area contributed by atoms with Crippen molar-refractivity contribution >= 4 is 27.8 Å². The number of benzene rings is 1. The molecule has 29 heavy (non-hydrogen) atoms. The Morgan fingerprint density at radius 2 is 1.86 bits per heavy atom. The van der Waals surface area contributed by atoms with Gasteiger partial charge in [0.2, 0.25) is 5.89 Å². The number of rotatable bonds is 5. The van der Waals surface area contributed by atoms with Crippen LogP contribution in [0.5, 0.6) is 0 Å². The molecule has 152 valence electrons. The number of carbonyl (C=O) groups is 1. The number of nitrogens with zero attached hydrogens (tertiary/aromatic N) is 4. The van der Waals surface area contributed by atoms with Gasteiger partial charge in [-0.3, -0.25) is 0 Å². The zero-order valence-corrected chi connectivity index (χ0v) is 18.0. The first-order valence-electron chi connectivity index (χ1n) is 8.94. The second-order valence-electron chi connectivity index (χ2n) is 7.89. The smallest absolute Gasteiger partial charge is 0.407 e. The van der Waals surface area contributed by atoms with Crippen LogP contribution >= 0.6 is 15.9 Å². The van der Waals surface area contributed by atoms with Crippen molar-refractivity contribution in [1.29, 1.82) is 0 Å². The molecule has 0 spiro atoms. The molecule has 3 N–H and O–H groups in total.